The molecule has 0 aliphatic rings. The summed E-state index contributed by atoms with van der Waals surface area (Å²) in [6.45, 7) is 6.25. The predicted octanol–water partition coefficient (Wildman–Crippen LogP) is 7.12. The Bertz CT molecular complexity index is 1500. The molecule has 5 aromatic rings. The summed E-state index contributed by atoms with van der Waals surface area (Å²) in [5.41, 5.74) is 5.37. The van der Waals surface area contributed by atoms with Gasteiger partial charge >= 0.3 is 0 Å². The highest BCUT2D eigenvalue weighted by Gasteiger charge is 2.19. The normalized spacial score (nSPS) is 11.2. The van der Waals surface area contributed by atoms with Crippen molar-refractivity contribution in [3.8, 4) is 17.1 Å². The predicted molar refractivity (Wildman–Crippen MR) is 130 cm³/mol. The van der Waals surface area contributed by atoms with Gasteiger partial charge in [-0.2, -0.15) is 0 Å². The number of rotatable bonds is 4. The Morgan fingerprint density at radius 1 is 0.812 bits per heavy atom. The van der Waals surface area contributed by atoms with Crippen LogP contribution in [0.4, 0.5) is 0 Å². The molecule has 4 aromatic carbocycles. The van der Waals surface area contributed by atoms with E-state index in [1.165, 1.54) is 0 Å². The number of ether oxygens (including phenoxy) is 1. The van der Waals surface area contributed by atoms with E-state index in [4.69, 9.17) is 9.15 Å². The van der Waals surface area contributed by atoms with Crippen molar-refractivity contribution in [1.82, 2.24) is 0 Å². The van der Waals surface area contributed by atoms with Crippen molar-refractivity contribution in [3.05, 3.63) is 111 Å². The lowest BCUT2D eigenvalue weighted by atomic mass is 10.0. The van der Waals surface area contributed by atoms with Gasteiger partial charge in [0, 0.05) is 5.56 Å². The number of hydrogen-bond acceptors (Lipinski definition) is 3. The molecule has 0 atom stereocenters. The molecule has 0 saturated carbocycles. The minimum Gasteiger partial charge on any atom is -0.481 e. The minimum atomic E-state index is -0.139. The maximum atomic E-state index is 13.6. The summed E-state index contributed by atoms with van der Waals surface area (Å²) < 4.78 is 12.5. The largest absolute Gasteiger partial charge is 0.481 e. The van der Waals surface area contributed by atoms with Gasteiger partial charge in [-0.3, -0.25) is 4.79 Å². The highest BCUT2D eigenvalue weighted by atomic mass is 16.5. The molecule has 0 N–H and O–H groups in total. The van der Waals surface area contributed by atoms with Crippen molar-refractivity contribution in [2.45, 2.75) is 27.4 Å². The summed E-state index contributed by atoms with van der Waals surface area (Å²) in [5.74, 6) is 0.717. The van der Waals surface area contributed by atoms with Crippen molar-refractivity contribution >= 4 is 21.7 Å². The van der Waals surface area contributed by atoms with E-state index < -0.39 is 0 Å². The lowest BCUT2D eigenvalue weighted by Crippen LogP contribution is -2.11. The molecule has 0 radical (unpaired) electrons. The smallest absolute Gasteiger partial charge is 0.235 e. The van der Waals surface area contributed by atoms with Crippen LogP contribution in [0.2, 0.25) is 0 Å². The van der Waals surface area contributed by atoms with E-state index in [1.54, 1.807) is 0 Å². The van der Waals surface area contributed by atoms with Gasteiger partial charge in [0.15, 0.2) is 5.76 Å². The third kappa shape index (κ3) is 3.56. The quantitative estimate of drug-likeness (QED) is 0.311. The van der Waals surface area contributed by atoms with Gasteiger partial charge in [0.05, 0.1) is 5.39 Å². The van der Waals surface area contributed by atoms with Crippen LogP contribution in [-0.2, 0) is 6.61 Å². The van der Waals surface area contributed by atoms with Gasteiger partial charge in [0.1, 0.15) is 12.2 Å². The maximum absolute atomic E-state index is 13.6. The fourth-order valence-corrected chi connectivity index (χ4v) is 4.27. The molecule has 1 aromatic heterocycles. The van der Waals surface area contributed by atoms with Crippen molar-refractivity contribution in [1.29, 1.82) is 0 Å². The first-order valence-electron chi connectivity index (χ1n) is 10.8. The van der Waals surface area contributed by atoms with E-state index in [1.807, 2.05) is 81.4 Å². The zero-order chi connectivity index (χ0) is 22.2. The molecule has 0 amide bonds. The van der Waals surface area contributed by atoms with Gasteiger partial charge in [-0.05, 0) is 54.3 Å². The van der Waals surface area contributed by atoms with E-state index in [0.717, 1.165) is 38.6 Å². The lowest BCUT2D eigenvalue weighted by Gasteiger charge is -2.14. The van der Waals surface area contributed by atoms with Crippen molar-refractivity contribution in [3.63, 3.8) is 0 Å². The third-order valence-electron chi connectivity index (χ3n) is 5.86. The molecule has 158 valence electrons. The first-order chi connectivity index (χ1) is 15.5. The summed E-state index contributed by atoms with van der Waals surface area (Å²) in [7, 11) is 0. The van der Waals surface area contributed by atoms with Crippen LogP contribution in [0.15, 0.2) is 88.1 Å². The first kappa shape index (κ1) is 20.1. The van der Waals surface area contributed by atoms with Crippen LogP contribution >= 0.6 is 0 Å². The molecular formula is C29H24O3. The van der Waals surface area contributed by atoms with Gasteiger partial charge in [0.2, 0.25) is 11.2 Å². The number of fused-ring (bicyclic) bond motifs is 2. The Morgan fingerprint density at radius 2 is 1.56 bits per heavy atom. The summed E-state index contributed by atoms with van der Waals surface area (Å²) in [6.07, 6.45) is 0. The van der Waals surface area contributed by atoms with Crippen LogP contribution in [0.5, 0.6) is 5.75 Å². The maximum Gasteiger partial charge on any atom is 0.235 e. The lowest BCUT2D eigenvalue weighted by molar-refractivity contribution is 0.299. The summed E-state index contributed by atoms with van der Waals surface area (Å²) in [5, 5.41) is 2.83. The van der Waals surface area contributed by atoms with Crippen LogP contribution in [0.25, 0.3) is 33.1 Å². The SMILES string of the molecule is Cc1ccc(-c2oc3cc(C)cc(C)c3c(=O)c2OCc2cccc3ccccc23)cc1. The first-order valence-corrected chi connectivity index (χ1v) is 10.8. The Balaban J connectivity index is 1.68. The van der Waals surface area contributed by atoms with E-state index in [0.29, 0.717) is 16.7 Å². The average molecular weight is 421 g/mol. The Labute approximate surface area is 186 Å². The van der Waals surface area contributed by atoms with Gasteiger partial charge in [-0.15, -0.1) is 0 Å². The van der Waals surface area contributed by atoms with E-state index in [-0.39, 0.29) is 17.8 Å². The molecule has 32 heavy (non-hydrogen) atoms. The molecule has 0 bridgehead atoms. The highest BCUT2D eigenvalue weighted by molar-refractivity contribution is 5.86. The number of benzene rings is 4. The molecule has 0 aliphatic carbocycles. The molecular weight excluding hydrogens is 396 g/mol. The van der Waals surface area contributed by atoms with E-state index >= 15 is 0 Å². The topological polar surface area (TPSA) is 39.4 Å². The Kier molecular flexibility index (Phi) is 5.02. The van der Waals surface area contributed by atoms with Crippen LogP contribution in [0.3, 0.4) is 0 Å². The number of aryl methyl sites for hydroxylation is 3. The molecule has 0 fully saturated rings. The minimum absolute atomic E-state index is 0.139. The zero-order valence-electron chi connectivity index (χ0n) is 18.4. The molecule has 0 saturated heterocycles. The molecule has 5 rings (SSSR count). The fourth-order valence-electron chi connectivity index (χ4n) is 4.27. The second-order valence-electron chi connectivity index (χ2n) is 8.34. The van der Waals surface area contributed by atoms with Gasteiger partial charge in [-0.1, -0.05) is 78.4 Å². The molecule has 0 spiro atoms. The Hall–Kier alpha value is -3.85. The van der Waals surface area contributed by atoms with Crippen LogP contribution in [0, 0.1) is 20.8 Å². The van der Waals surface area contributed by atoms with Crippen LogP contribution in [0.1, 0.15) is 22.3 Å². The molecule has 0 unspecified atom stereocenters. The van der Waals surface area contributed by atoms with Gasteiger partial charge in [-0.25, -0.2) is 0 Å². The summed E-state index contributed by atoms with van der Waals surface area (Å²) >= 11 is 0. The molecule has 1 heterocycles. The molecule has 3 heteroatoms. The molecule has 0 aliphatic heterocycles. The van der Waals surface area contributed by atoms with Crippen molar-refractivity contribution in [2.75, 3.05) is 0 Å². The van der Waals surface area contributed by atoms with Crippen LogP contribution in [-0.4, -0.2) is 0 Å². The standard InChI is InChI=1S/C29H24O3/c1-18-11-13-22(14-12-18)28-29(27(30)26-20(3)15-19(2)16-25(26)32-28)31-17-23-9-6-8-21-7-4-5-10-24(21)23/h4-16H,17H2,1-3H3. The van der Waals surface area contributed by atoms with Gasteiger partial charge in [0.25, 0.3) is 0 Å². The second-order valence-corrected chi connectivity index (χ2v) is 8.34. The monoisotopic (exact) mass is 420 g/mol. The summed E-state index contributed by atoms with van der Waals surface area (Å²) in [6, 6.07) is 26.2. The van der Waals surface area contributed by atoms with Gasteiger partial charge < -0.3 is 9.15 Å². The summed E-state index contributed by atoms with van der Waals surface area (Å²) in [4.78, 5) is 13.6. The Morgan fingerprint density at radius 3 is 2.38 bits per heavy atom. The average Bonchev–Trinajstić information content (AvgIpc) is 2.78. The van der Waals surface area contributed by atoms with E-state index in [2.05, 4.69) is 18.2 Å². The van der Waals surface area contributed by atoms with Crippen molar-refractivity contribution < 1.29 is 9.15 Å². The van der Waals surface area contributed by atoms with Crippen molar-refractivity contribution in [2.24, 2.45) is 0 Å². The third-order valence-corrected chi connectivity index (χ3v) is 5.86. The fraction of sp³-hybridized carbons (Fsp3) is 0.138. The van der Waals surface area contributed by atoms with E-state index in [9.17, 15) is 4.79 Å². The second kappa shape index (κ2) is 8.01. The zero-order valence-corrected chi connectivity index (χ0v) is 18.4. The molecule has 3 nitrogen and oxygen atoms in total. The highest BCUT2D eigenvalue weighted by Crippen LogP contribution is 2.33. The van der Waals surface area contributed by atoms with Crippen LogP contribution < -0.4 is 10.2 Å². The number of hydrogen-bond donors (Lipinski definition) is 0.